The van der Waals surface area contributed by atoms with Crippen molar-refractivity contribution in [2.24, 2.45) is 4.99 Å². The highest BCUT2D eigenvalue weighted by atomic mass is 32.2. The fraction of sp³-hybridized carbons (Fsp3) is 0.500. The Labute approximate surface area is 54.9 Å². The third-order valence-electron chi connectivity index (χ3n) is 0.621. The maximum atomic E-state index is 4.03. The number of nitrogens with zero attached hydrogens (tertiary/aromatic N) is 1. The zero-order valence-electron chi connectivity index (χ0n) is 5.51. The fourth-order valence-corrected chi connectivity index (χ4v) is 0.807. The lowest BCUT2D eigenvalue weighted by Crippen LogP contribution is -1.65. The summed E-state index contributed by atoms with van der Waals surface area (Å²) in [6, 6.07) is 0. The summed E-state index contributed by atoms with van der Waals surface area (Å²) >= 11 is 1.67. The average molecular weight is 129 g/mol. The molecule has 0 aliphatic carbocycles. The molecule has 0 aromatic heterocycles. The van der Waals surface area contributed by atoms with Crippen LogP contribution in [0.1, 0.15) is 13.8 Å². The Bertz CT molecular complexity index is 105. The Kier molecular flexibility index (Phi) is 4.76. The maximum absolute atomic E-state index is 4.03. The van der Waals surface area contributed by atoms with Crippen molar-refractivity contribution in [2.45, 2.75) is 13.8 Å². The average Bonchev–Trinajstić information content (AvgIpc) is 1.68. The van der Waals surface area contributed by atoms with Crippen LogP contribution in [-0.4, -0.2) is 12.5 Å². The van der Waals surface area contributed by atoms with Crippen LogP contribution in [0.5, 0.6) is 0 Å². The number of thioether (sulfide) groups is 1. The Morgan fingerprint density at radius 3 is 2.62 bits per heavy atom. The molecule has 0 saturated carbocycles. The Morgan fingerprint density at radius 1 is 1.62 bits per heavy atom. The molecular weight excluding hydrogens is 118 g/mol. The topological polar surface area (TPSA) is 12.4 Å². The van der Waals surface area contributed by atoms with E-state index in [-0.39, 0.29) is 0 Å². The monoisotopic (exact) mass is 129 g/mol. The standard InChI is InChI=1S/C6H11NS/c1-4-7-6(2)5-8-3/h4-5H,1-3H3/b6-5-,7-4?. The van der Waals surface area contributed by atoms with Crippen molar-refractivity contribution < 1.29 is 0 Å². The molecule has 0 radical (unpaired) electrons. The highest BCUT2D eigenvalue weighted by molar-refractivity contribution is 8.01. The molecule has 2 heteroatoms. The van der Waals surface area contributed by atoms with Gasteiger partial charge in [-0.05, 0) is 25.5 Å². The largest absolute Gasteiger partial charge is 0.266 e. The molecule has 0 atom stereocenters. The van der Waals surface area contributed by atoms with E-state index in [1.807, 2.05) is 25.5 Å². The van der Waals surface area contributed by atoms with Gasteiger partial charge >= 0.3 is 0 Å². The first-order valence-corrected chi connectivity index (χ1v) is 3.78. The van der Waals surface area contributed by atoms with E-state index in [1.54, 1.807) is 18.0 Å². The number of allylic oxidation sites excluding steroid dienone is 1. The Hall–Kier alpha value is -0.240. The molecule has 0 unspecified atom stereocenters. The highest BCUT2D eigenvalue weighted by Crippen LogP contribution is 2.01. The highest BCUT2D eigenvalue weighted by Gasteiger charge is 1.75. The van der Waals surface area contributed by atoms with Crippen molar-refractivity contribution in [3.8, 4) is 0 Å². The molecule has 0 N–H and O–H groups in total. The summed E-state index contributed by atoms with van der Waals surface area (Å²) in [6.45, 7) is 3.90. The molecule has 0 spiro atoms. The summed E-state index contributed by atoms with van der Waals surface area (Å²) in [7, 11) is 0. The van der Waals surface area contributed by atoms with Gasteiger partial charge in [0.2, 0.25) is 0 Å². The van der Waals surface area contributed by atoms with Crippen LogP contribution in [0.25, 0.3) is 0 Å². The molecule has 46 valence electrons. The van der Waals surface area contributed by atoms with Crippen molar-refractivity contribution in [3.05, 3.63) is 11.1 Å². The van der Waals surface area contributed by atoms with E-state index < -0.39 is 0 Å². The molecule has 0 rings (SSSR count). The van der Waals surface area contributed by atoms with Gasteiger partial charge < -0.3 is 0 Å². The van der Waals surface area contributed by atoms with Gasteiger partial charge in [-0.15, -0.1) is 11.8 Å². The third kappa shape index (κ3) is 3.93. The van der Waals surface area contributed by atoms with Crippen molar-refractivity contribution in [1.29, 1.82) is 0 Å². The Morgan fingerprint density at radius 2 is 2.25 bits per heavy atom. The van der Waals surface area contributed by atoms with Gasteiger partial charge in [0.15, 0.2) is 0 Å². The molecule has 0 aromatic rings. The number of rotatable bonds is 2. The van der Waals surface area contributed by atoms with E-state index in [1.165, 1.54) is 0 Å². The zero-order chi connectivity index (χ0) is 6.41. The molecule has 0 heterocycles. The predicted molar refractivity (Wildman–Crippen MR) is 41.4 cm³/mol. The van der Waals surface area contributed by atoms with E-state index in [0.717, 1.165) is 5.70 Å². The summed E-state index contributed by atoms with van der Waals surface area (Å²) in [5, 5.41) is 2.01. The summed E-state index contributed by atoms with van der Waals surface area (Å²) < 4.78 is 0. The van der Waals surface area contributed by atoms with Gasteiger partial charge in [-0.2, -0.15) is 0 Å². The lowest BCUT2D eigenvalue weighted by Gasteiger charge is -1.85. The van der Waals surface area contributed by atoms with E-state index >= 15 is 0 Å². The Balaban J connectivity index is 3.61. The van der Waals surface area contributed by atoms with Crippen LogP contribution in [0, 0.1) is 0 Å². The second-order valence-corrected chi connectivity index (χ2v) is 2.09. The number of hydrogen-bond acceptors (Lipinski definition) is 2. The molecular formula is C6H11NS. The second-order valence-electron chi connectivity index (χ2n) is 1.38. The molecule has 1 nitrogen and oxygen atoms in total. The maximum Gasteiger partial charge on any atom is 0.0431 e. The van der Waals surface area contributed by atoms with Crippen LogP contribution in [-0.2, 0) is 0 Å². The normalized spacial score (nSPS) is 13.1. The summed E-state index contributed by atoms with van der Waals surface area (Å²) in [5.41, 5.74) is 1.07. The summed E-state index contributed by atoms with van der Waals surface area (Å²) in [6.07, 6.45) is 3.82. The lowest BCUT2D eigenvalue weighted by molar-refractivity contribution is 1.33. The molecule has 0 amide bonds. The van der Waals surface area contributed by atoms with E-state index in [9.17, 15) is 0 Å². The fourth-order valence-electron chi connectivity index (χ4n) is 0.405. The predicted octanol–water partition coefficient (Wildman–Crippen LogP) is 2.30. The van der Waals surface area contributed by atoms with Crippen molar-refractivity contribution in [2.75, 3.05) is 6.26 Å². The molecule has 0 aliphatic heterocycles. The van der Waals surface area contributed by atoms with Crippen LogP contribution in [0.2, 0.25) is 0 Å². The molecule has 0 saturated heterocycles. The summed E-state index contributed by atoms with van der Waals surface area (Å²) in [5.74, 6) is 0. The van der Waals surface area contributed by atoms with Crippen molar-refractivity contribution in [1.82, 2.24) is 0 Å². The SMILES string of the molecule is CC=N/C(C)=C\SC. The van der Waals surface area contributed by atoms with E-state index in [2.05, 4.69) is 4.99 Å². The van der Waals surface area contributed by atoms with Gasteiger partial charge in [0.1, 0.15) is 0 Å². The van der Waals surface area contributed by atoms with Crippen LogP contribution in [0.4, 0.5) is 0 Å². The lowest BCUT2D eigenvalue weighted by atomic mass is 10.6. The zero-order valence-corrected chi connectivity index (χ0v) is 6.33. The molecule has 8 heavy (non-hydrogen) atoms. The van der Waals surface area contributed by atoms with E-state index in [0.29, 0.717) is 0 Å². The minimum absolute atomic E-state index is 1.07. The molecule has 0 aromatic carbocycles. The van der Waals surface area contributed by atoms with E-state index in [4.69, 9.17) is 0 Å². The van der Waals surface area contributed by atoms with Gasteiger partial charge in [-0.1, -0.05) is 0 Å². The number of aliphatic imine (C=N–C) groups is 1. The van der Waals surface area contributed by atoms with Gasteiger partial charge in [0, 0.05) is 11.9 Å². The first-order chi connectivity index (χ1) is 3.81. The van der Waals surface area contributed by atoms with Crippen molar-refractivity contribution >= 4 is 18.0 Å². The third-order valence-corrected chi connectivity index (χ3v) is 1.20. The minimum Gasteiger partial charge on any atom is -0.266 e. The van der Waals surface area contributed by atoms with Crippen LogP contribution >= 0.6 is 11.8 Å². The smallest absolute Gasteiger partial charge is 0.0431 e. The van der Waals surface area contributed by atoms with Crippen LogP contribution in [0.3, 0.4) is 0 Å². The first kappa shape index (κ1) is 7.76. The first-order valence-electron chi connectivity index (χ1n) is 2.49. The van der Waals surface area contributed by atoms with Crippen molar-refractivity contribution in [3.63, 3.8) is 0 Å². The molecule has 0 fully saturated rings. The van der Waals surface area contributed by atoms with Gasteiger partial charge in [0.05, 0.1) is 0 Å². The quantitative estimate of drug-likeness (QED) is 0.521. The number of hydrogen-bond donors (Lipinski definition) is 0. The van der Waals surface area contributed by atoms with Gasteiger partial charge in [-0.25, -0.2) is 0 Å². The second kappa shape index (κ2) is 4.91. The van der Waals surface area contributed by atoms with Crippen LogP contribution < -0.4 is 0 Å². The molecule has 0 bridgehead atoms. The molecule has 0 aliphatic rings. The summed E-state index contributed by atoms with van der Waals surface area (Å²) in [4.78, 5) is 4.03. The minimum atomic E-state index is 1.07. The van der Waals surface area contributed by atoms with Gasteiger partial charge in [0.25, 0.3) is 0 Å². The van der Waals surface area contributed by atoms with Crippen LogP contribution in [0.15, 0.2) is 16.1 Å². The van der Waals surface area contributed by atoms with Gasteiger partial charge in [-0.3, -0.25) is 4.99 Å².